The van der Waals surface area contributed by atoms with E-state index in [2.05, 4.69) is 4.74 Å². The monoisotopic (exact) mass is 340 g/mol. The van der Waals surface area contributed by atoms with E-state index in [1.807, 2.05) is 0 Å². The van der Waals surface area contributed by atoms with Crippen LogP contribution in [0.3, 0.4) is 0 Å². The van der Waals surface area contributed by atoms with Crippen molar-refractivity contribution < 1.29 is 35.5 Å². The fraction of sp³-hybridized carbons (Fsp3) is 1.00. The highest BCUT2D eigenvalue weighted by Crippen LogP contribution is 2.47. The highest BCUT2D eigenvalue weighted by atomic mass is 35.7. The van der Waals surface area contributed by atoms with Crippen LogP contribution in [0.5, 0.6) is 0 Å². The molecule has 0 aromatic rings. The van der Waals surface area contributed by atoms with Crippen LogP contribution in [-0.2, 0) is 4.74 Å². The van der Waals surface area contributed by atoms with E-state index < -0.39 is 31.5 Å². The molecule has 0 rings (SSSR count). The summed E-state index contributed by atoms with van der Waals surface area (Å²) in [5.74, 6) is -5.67. The number of hydrogen-bond acceptors (Lipinski definition) is 1. The van der Waals surface area contributed by atoms with Crippen molar-refractivity contribution in [1.82, 2.24) is 0 Å². The van der Waals surface area contributed by atoms with Crippen molar-refractivity contribution in [2.75, 3.05) is 6.61 Å². The van der Waals surface area contributed by atoms with Gasteiger partial charge in [0.2, 0.25) is 6.69 Å². The van der Waals surface area contributed by atoms with Gasteiger partial charge in [0.1, 0.15) is 0 Å². The Bertz CT molecular complexity index is 258. The van der Waals surface area contributed by atoms with Gasteiger partial charge in [-0.25, -0.2) is 0 Å². The third-order valence-corrected chi connectivity index (χ3v) is 4.16. The second-order valence-electron chi connectivity index (χ2n) is 3.61. The summed E-state index contributed by atoms with van der Waals surface area (Å²) in [4.78, 5) is 0. The first kappa shape index (κ1) is 18.3. The lowest BCUT2D eigenvalue weighted by Crippen LogP contribution is -2.55. The van der Waals surface area contributed by atoms with Crippen molar-refractivity contribution in [3.8, 4) is 0 Å². The topological polar surface area (TPSA) is 9.23 Å². The number of hydrogen-bond donors (Lipinski definition) is 0. The molecule has 0 N–H and O–H groups in total. The number of rotatable bonds is 5. The van der Waals surface area contributed by atoms with Crippen LogP contribution < -0.4 is 0 Å². The van der Waals surface area contributed by atoms with E-state index in [9.17, 15) is 30.7 Å². The third-order valence-electron chi connectivity index (χ3n) is 1.79. The minimum absolute atomic E-state index is 0.0120. The van der Waals surface area contributed by atoms with Crippen molar-refractivity contribution in [3.05, 3.63) is 0 Å². The normalized spacial score (nSPS) is 15.0. The Hall–Kier alpha value is 0.267. The van der Waals surface area contributed by atoms with Gasteiger partial charge in [-0.15, -0.1) is 22.2 Å². The van der Waals surface area contributed by atoms with Crippen molar-refractivity contribution in [2.24, 2.45) is 0 Å². The highest BCUT2D eigenvalue weighted by molar-refractivity contribution is 7.44. The predicted octanol–water partition coefficient (Wildman–Crippen LogP) is 4.73. The maximum atomic E-state index is 12.9. The van der Waals surface area contributed by atoms with Crippen LogP contribution in [0.4, 0.5) is 30.7 Å². The summed E-state index contributed by atoms with van der Waals surface area (Å²) in [5, 5.41) is 0. The molecule has 0 aromatic carbocycles. The lowest BCUT2D eigenvalue weighted by molar-refractivity contribution is -0.429. The van der Waals surface area contributed by atoms with E-state index in [0.717, 1.165) is 0 Å². The summed E-state index contributed by atoms with van der Waals surface area (Å²) in [5.41, 5.74) is 0. The van der Waals surface area contributed by atoms with Crippen LogP contribution in [0, 0.1) is 0 Å². The molecule has 0 aliphatic carbocycles. The summed E-state index contributed by atoms with van der Waals surface area (Å²) < 4.78 is 88.2. The molecule has 0 bridgehead atoms. The molecule has 11 heteroatoms. The minimum atomic E-state index is -6.20. The van der Waals surface area contributed by atoms with E-state index in [0.29, 0.717) is 0 Å². The van der Waals surface area contributed by atoms with Gasteiger partial charge < -0.3 is 4.74 Å². The van der Waals surface area contributed by atoms with Crippen LogP contribution in [0.15, 0.2) is 0 Å². The second-order valence-corrected chi connectivity index (χ2v) is 11.8. The summed E-state index contributed by atoms with van der Waals surface area (Å²) in [6.45, 7) is -2.33. The first-order valence-corrected chi connectivity index (χ1v) is 9.28. The van der Waals surface area contributed by atoms with Crippen LogP contribution in [0.2, 0.25) is 12.6 Å². The Labute approximate surface area is 109 Å². The molecule has 0 aliphatic rings. The average molecular weight is 341 g/mol. The predicted molar refractivity (Wildman–Crippen MR) is 54.6 cm³/mol. The zero-order valence-corrected chi connectivity index (χ0v) is 11.4. The molecule has 0 atom stereocenters. The third kappa shape index (κ3) is 5.10. The summed E-state index contributed by atoms with van der Waals surface area (Å²) in [6, 6.07) is -0.0120. The molecule has 18 heavy (non-hydrogen) atoms. The first-order chi connectivity index (χ1) is 7.71. The van der Waals surface area contributed by atoms with Gasteiger partial charge in [-0.2, -0.15) is 30.7 Å². The van der Waals surface area contributed by atoms with Gasteiger partial charge in [-0.3, -0.25) is 0 Å². The van der Waals surface area contributed by atoms with E-state index >= 15 is 0 Å². The molecule has 0 amide bonds. The Kier molecular flexibility index (Phi) is 5.80. The molecule has 0 radical (unpaired) electrons. The standard InChI is InChI=1S/C7H9Cl2F7OSi/c1-18(8,9)4-2-3-17-5(10,6(11,12)13)7(14,15)16/h2-4H2,1H3. The number of ether oxygens (including phenoxy) is 1. The Morgan fingerprint density at radius 1 is 0.944 bits per heavy atom. The maximum absolute atomic E-state index is 12.9. The van der Waals surface area contributed by atoms with Gasteiger partial charge in [0.15, 0.2) is 0 Å². The Morgan fingerprint density at radius 2 is 1.33 bits per heavy atom. The summed E-state index contributed by atoms with van der Waals surface area (Å²) in [6.07, 6.45) is -12.7. The lowest BCUT2D eigenvalue weighted by Gasteiger charge is -2.29. The molecule has 0 fully saturated rings. The molecule has 110 valence electrons. The Morgan fingerprint density at radius 3 is 1.61 bits per heavy atom. The quantitative estimate of drug-likeness (QED) is 0.304. The molecule has 0 saturated carbocycles. The molecular formula is C7H9Cl2F7OSi. The number of halogens is 9. The Balaban J connectivity index is 4.58. The zero-order valence-electron chi connectivity index (χ0n) is 8.93. The van der Waals surface area contributed by atoms with E-state index in [4.69, 9.17) is 22.2 Å². The van der Waals surface area contributed by atoms with E-state index in [1.54, 1.807) is 0 Å². The van der Waals surface area contributed by atoms with Gasteiger partial charge in [-0.1, -0.05) is 0 Å². The van der Waals surface area contributed by atoms with Crippen molar-refractivity contribution in [3.63, 3.8) is 0 Å². The van der Waals surface area contributed by atoms with Crippen LogP contribution in [0.25, 0.3) is 0 Å². The van der Waals surface area contributed by atoms with Crippen LogP contribution >= 0.6 is 22.2 Å². The zero-order chi connectivity index (χ0) is 14.8. The smallest absolute Gasteiger partial charge is 0.332 e. The fourth-order valence-electron chi connectivity index (χ4n) is 0.920. The van der Waals surface area contributed by atoms with Crippen molar-refractivity contribution in [1.29, 1.82) is 0 Å². The van der Waals surface area contributed by atoms with Crippen LogP contribution in [-0.4, -0.2) is 31.5 Å². The maximum Gasteiger partial charge on any atom is 0.458 e. The minimum Gasteiger partial charge on any atom is -0.332 e. The molecule has 0 aliphatic heterocycles. The van der Waals surface area contributed by atoms with Gasteiger partial charge in [-0.05, 0) is 19.0 Å². The van der Waals surface area contributed by atoms with Gasteiger partial charge in [0, 0.05) is 0 Å². The molecule has 0 unspecified atom stereocenters. The SMILES string of the molecule is C[Si](Cl)(Cl)CCCOC(F)(C(F)(F)F)C(F)(F)F. The molecule has 0 aromatic heterocycles. The summed E-state index contributed by atoms with van der Waals surface area (Å²) >= 11 is 11.1. The average Bonchev–Trinajstić information content (AvgIpc) is 2.06. The van der Waals surface area contributed by atoms with Gasteiger partial charge in [0.05, 0.1) is 6.61 Å². The van der Waals surface area contributed by atoms with Crippen molar-refractivity contribution in [2.45, 2.75) is 37.2 Å². The molecule has 0 heterocycles. The van der Waals surface area contributed by atoms with Gasteiger partial charge >= 0.3 is 18.2 Å². The largest absolute Gasteiger partial charge is 0.458 e. The fourth-order valence-corrected chi connectivity index (χ4v) is 2.49. The second kappa shape index (κ2) is 5.72. The number of alkyl halides is 7. The van der Waals surface area contributed by atoms with Gasteiger partial charge in [0.25, 0.3) is 0 Å². The lowest BCUT2D eigenvalue weighted by atomic mass is 10.3. The van der Waals surface area contributed by atoms with E-state index in [-0.39, 0.29) is 12.5 Å². The van der Waals surface area contributed by atoms with E-state index in [1.165, 1.54) is 6.55 Å². The molecule has 0 spiro atoms. The molecule has 0 saturated heterocycles. The van der Waals surface area contributed by atoms with Crippen molar-refractivity contribution >= 4 is 28.9 Å². The summed E-state index contributed by atoms with van der Waals surface area (Å²) in [7, 11) is 0. The first-order valence-electron chi connectivity index (χ1n) is 4.55. The molecule has 1 nitrogen and oxygen atoms in total. The molecular weight excluding hydrogens is 332 g/mol. The van der Waals surface area contributed by atoms with Crippen LogP contribution in [0.1, 0.15) is 6.42 Å². The highest BCUT2D eigenvalue weighted by Gasteiger charge is 2.74.